The predicted molar refractivity (Wildman–Crippen MR) is 132 cm³/mol. The summed E-state index contributed by atoms with van der Waals surface area (Å²) in [7, 11) is 0. The third kappa shape index (κ3) is 3.74. The SMILES string of the molecule is CC(C)C1CC(=O)OC([C@H](C)C2CC(=O)C3C4C(CC[C@@]32C)[C@]2(C)C(C[C@H](O)C[C@@H]2O)[C@@H](O)[C@@H]4O)C1. The van der Waals surface area contributed by atoms with E-state index < -0.39 is 47.6 Å². The van der Waals surface area contributed by atoms with E-state index in [2.05, 4.69) is 27.7 Å². The van der Waals surface area contributed by atoms with Crippen LogP contribution in [0.5, 0.6) is 0 Å². The van der Waals surface area contributed by atoms with Crippen LogP contribution in [0, 0.1) is 58.2 Å². The molecule has 4 N–H and O–H groups in total. The van der Waals surface area contributed by atoms with E-state index >= 15 is 0 Å². The molecule has 0 bridgehead atoms. The minimum absolute atomic E-state index is 0.0235. The number of hydrogen-bond acceptors (Lipinski definition) is 7. The molecule has 7 heteroatoms. The van der Waals surface area contributed by atoms with Gasteiger partial charge in [-0.3, -0.25) is 9.59 Å². The Kier molecular flexibility index (Phi) is 6.67. The van der Waals surface area contributed by atoms with Gasteiger partial charge in [-0.2, -0.15) is 0 Å². The van der Waals surface area contributed by atoms with E-state index in [0.29, 0.717) is 25.2 Å². The normalized spacial score (nSPS) is 53.9. The van der Waals surface area contributed by atoms with Crippen LogP contribution in [-0.2, 0) is 14.3 Å². The first-order valence-electron chi connectivity index (χ1n) is 14.2. The van der Waals surface area contributed by atoms with E-state index in [-0.39, 0.29) is 53.4 Å². The van der Waals surface area contributed by atoms with Crippen LogP contribution in [0.1, 0.15) is 79.6 Å². The number of carbonyl (C=O) groups is 2. The first-order valence-corrected chi connectivity index (χ1v) is 14.2. The van der Waals surface area contributed by atoms with Crippen LogP contribution in [0.2, 0.25) is 0 Å². The average Bonchev–Trinajstić information content (AvgIpc) is 3.08. The molecule has 5 aliphatic rings. The van der Waals surface area contributed by atoms with Gasteiger partial charge in [0.05, 0.1) is 24.4 Å². The first kappa shape index (κ1) is 26.6. The number of esters is 1. The molecular weight excluding hydrogens is 460 g/mol. The second kappa shape index (κ2) is 9.03. The molecule has 14 atom stereocenters. The molecule has 1 aliphatic heterocycles. The minimum atomic E-state index is -1.08. The summed E-state index contributed by atoms with van der Waals surface area (Å²) in [6.45, 7) is 10.6. The van der Waals surface area contributed by atoms with E-state index in [9.17, 15) is 30.0 Å². The van der Waals surface area contributed by atoms with Crippen LogP contribution in [0.25, 0.3) is 0 Å². The molecule has 0 radical (unpaired) electrons. The zero-order valence-corrected chi connectivity index (χ0v) is 22.5. The Bertz CT molecular complexity index is 889. The molecule has 204 valence electrons. The van der Waals surface area contributed by atoms with Gasteiger partial charge >= 0.3 is 5.97 Å². The highest BCUT2D eigenvalue weighted by Gasteiger charge is 2.69. The van der Waals surface area contributed by atoms with Crippen LogP contribution >= 0.6 is 0 Å². The molecule has 0 aromatic heterocycles. The molecule has 0 amide bonds. The van der Waals surface area contributed by atoms with Gasteiger partial charge in [-0.05, 0) is 73.0 Å². The lowest BCUT2D eigenvalue weighted by atomic mass is 9.42. The van der Waals surface area contributed by atoms with Gasteiger partial charge in [-0.1, -0.05) is 34.6 Å². The van der Waals surface area contributed by atoms with Crippen molar-refractivity contribution in [3.05, 3.63) is 0 Å². The number of ether oxygens (including phenoxy) is 1. The van der Waals surface area contributed by atoms with Gasteiger partial charge in [-0.25, -0.2) is 0 Å². The van der Waals surface area contributed by atoms with Gasteiger partial charge in [0.25, 0.3) is 0 Å². The summed E-state index contributed by atoms with van der Waals surface area (Å²) in [5, 5.41) is 44.2. The second-order valence-electron chi connectivity index (χ2n) is 13.9. The Morgan fingerprint density at radius 3 is 2.28 bits per heavy atom. The number of cyclic esters (lactones) is 1. The lowest BCUT2D eigenvalue weighted by molar-refractivity contribution is -0.250. The number of aliphatic hydroxyl groups excluding tert-OH is 4. The fourth-order valence-electron chi connectivity index (χ4n) is 9.86. The van der Waals surface area contributed by atoms with E-state index in [1.54, 1.807) is 0 Å². The number of carbonyl (C=O) groups excluding carboxylic acids is 2. The molecule has 5 rings (SSSR count). The zero-order valence-electron chi connectivity index (χ0n) is 22.5. The number of hydrogen-bond donors (Lipinski definition) is 4. The molecule has 0 spiro atoms. The number of ketones is 1. The minimum Gasteiger partial charge on any atom is -0.462 e. The van der Waals surface area contributed by atoms with Crippen LogP contribution in [0.15, 0.2) is 0 Å². The van der Waals surface area contributed by atoms with Gasteiger partial charge in [0.1, 0.15) is 11.9 Å². The zero-order chi connectivity index (χ0) is 26.3. The van der Waals surface area contributed by atoms with Gasteiger partial charge < -0.3 is 25.2 Å². The summed E-state index contributed by atoms with van der Waals surface area (Å²) in [6.07, 6.45) is 0.00374. The molecular formula is C29H46O7. The van der Waals surface area contributed by atoms with Gasteiger partial charge in [-0.15, -0.1) is 0 Å². The quantitative estimate of drug-likeness (QED) is 0.434. The van der Waals surface area contributed by atoms with Crippen molar-refractivity contribution in [1.29, 1.82) is 0 Å². The maximum absolute atomic E-state index is 13.8. The molecule has 0 aromatic carbocycles. The van der Waals surface area contributed by atoms with Crippen LogP contribution < -0.4 is 0 Å². The van der Waals surface area contributed by atoms with Crippen LogP contribution in [0.3, 0.4) is 0 Å². The summed E-state index contributed by atoms with van der Waals surface area (Å²) in [4.78, 5) is 26.2. The Labute approximate surface area is 215 Å². The largest absolute Gasteiger partial charge is 0.462 e. The molecule has 4 saturated carbocycles. The van der Waals surface area contributed by atoms with Crippen molar-refractivity contribution in [2.24, 2.45) is 58.2 Å². The average molecular weight is 507 g/mol. The van der Waals surface area contributed by atoms with E-state index in [0.717, 1.165) is 19.3 Å². The number of aliphatic hydroxyl groups is 4. The maximum atomic E-state index is 13.8. The predicted octanol–water partition coefficient (Wildman–Crippen LogP) is 2.71. The molecule has 36 heavy (non-hydrogen) atoms. The van der Waals surface area contributed by atoms with Crippen molar-refractivity contribution in [3.8, 4) is 0 Å². The molecule has 1 saturated heterocycles. The Balaban J connectivity index is 1.45. The van der Waals surface area contributed by atoms with Crippen LogP contribution in [0.4, 0.5) is 0 Å². The summed E-state index contributed by atoms with van der Waals surface area (Å²) < 4.78 is 5.86. The van der Waals surface area contributed by atoms with Crippen molar-refractivity contribution in [2.75, 3.05) is 0 Å². The fraction of sp³-hybridized carbons (Fsp3) is 0.931. The Hall–Kier alpha value is -1.02. The van der Waals surface area contributed by atoms with E-state index in [1.807, 2.05) is 6.92 Å². The second-order valence-corrected chi connectivity index (χ2v) is 13.9. The summed E-state index contributed by atoms with van der Waals surface area (Å²) in [5.74, 6) is -0.611. The smallest absolute Gasteiger partial charge is 0.306 e. The van der Waals surface area contributed by atoms with E-state index in [1.165, 1.54) is 0 Å². The fourth-order valence-corrected chi connectivity index (χ4v) is 9.86. The highest BCUT2D eigenvalue weighted by atomic mass is 16.5. The standard InChI is InChI=1S/C29H46O7/c1-13(2)15-8-21(36-23(33)9-15)14(3)18-12-20(31)25-24-17(6-7-28(18,25)4)29(5)19(26(34)27(24)35)10-16(30)11-22(29)32/h13-19,21-22,24-27,30,32,34-35H,6-12H2,1-5H3/t14-,15?,16+,17?,18?,19?,21?,22+,24?,25?,26-,27-,28-,29-/m1/s1. The van der Waals surface area contributed by atoms with Crippen molar-refractivity contribution < 1.29 is 34.8 Å². The molecule has 1 heterocycles. The molecule has 7 nitrogen and oxygen atoms in total. The molecule has 7 unspecified atom stereocenters. The summed E-state index contributed by atoms with van der Waals surface area (Å²) >= 11 is 0. The Morgan fingerprint density at radius 1 is 0.917 bits per heavy atom. The highest BCUT2D eigenvalue weighted by Crippen LogP contribution is 2.67. The Morgan fingerprint density at radius 2 is 1.61 bits per heavy atom. The molecule has 4 aliphatic carbocycles. The van der Waals surface area contributed by atoms with Gasteiger partial charge in [0.15, 0.2) is 0 Å². The van der Waals surface area contributed by atoms with Crippen molar-refractivity contribution in [1.82, 2.24) is 0 Å². The number of rotatable bonds is 3. The molecule has 5 fully saturated rings. The maximum Gasteiger partial charge on any atom is 0.306 e. The lowest BCUT2D eigenvalue weighted by Gasteiger charge is -2.64. The number of fused-ring (bicyclic) bond motifs is 5. The van der Waals surface area contributed by atoms with Crippen LogP contribution in [-0.4, -0.2) is 62.7 Å². The molecule has 0 aromatic rings. The van der Waals surface area contributed by atoms with Crippen molar-refractivity contribution in [2.45, 2.75) is 110 Å². The van der Waals surface area contributed by atoms with E-state index in [4.69, 9.17) is 4.74 Å². The third-order valence-electron chi connectivity index (χ3n) is 12.1. The highest BCUT2D eigenvalue weighted by molar-refractivity contribution is 5.85. The monoisotopic (exact) mass is 506 g/mol. The summed E-state index contributed by atoms with van der Waals surface area (Å²) in [6, 6.07) is 0. The number of Topliss-reactive ketones (excluding diaryl/α,β-unsaturated/α-hetero) is 1. The summed E-state index contributed by atoms with van der Waals surface area (Å²) in [5.41, 5.74) is -1.02. The van der Waals surface area contributed by atoms with Gasteiger partial charge in [0.2, 0.25) is 0 Å². The van der Waals surface area contributed by atoms with Crippen molar-refractivity contribution >= 4 is 11.8 Å². The first-order chi connectivity index (χ1) is 16.8. The van der Waals surface area contributed by atoms with Gasteiger partial charge in [0, 0.05) is 30.1 Å². The lowest BCUT2D eigenvalue weighted by Crippen LogP contribution is -2.68. The third-order valence-corrected chi connectivity index (χ3v) is 12.1. The topological polar surface area (TPSA) is 124 Å². The van der Waals surface area contributed by atoms with Crippen molar-refractivity contribution in [3.63, 3.8) is 0 Å².